The molecule has 8 nitrogen and oxygen atoms in total. The van der Waals surface area contributed by atoms with Gasteiger partial charge in [-0.05, 0) is 49.6 Å². The minimum absolute atomic E-state index is 0.0656. The Morgan fingerprint density at radius 2 is 1.85 bits per heavy atom. The summed E-state index contributed by atoms with van der Waals surface area (Å²) in [5.41, 5.74) is -0.360. The molecular weight excluding hydrogens is 432 g/mol. The average Bonchev–Trinajstić information content (AvgIpc) is 3.26. The molecule has 3 aliphatic heterocycles. The molecule has 6 rings (SSSR count). The SMILES string of the molecule is C[C@@]12CCCN1C(=O)N(C1c3n[nH]c(=O)c4cc(F)cc(c34)NC1c1ccc(F)cc1)C2=O. The summed E-state index contributed by atoms with van der Waals surface area (Å²) in [6.45, 7) is 2.22. The van der Waals surface area contributed by atoms with Crippen LogP contribution < -0.4 is 10.9 Å². The molecule has 4 heterocycles. The van der Waals surface area contributed by atoms with E-state index < -0.39 is 40.8 Å². The molecule has 0 spiro atoms. The number of hydrogen-bond acceptors (Lipinski definition) is 5. The van der Waals surface area contributed by atoms with Crippen LogP contribution >= 0.6 is 0 Å². The Labute approximate surface area is 186 Å². The molecule has 3 atom stereocenters. The second-order valence-corrected chi connectivity index (χ2v) is 8.92. The number of rotatable bonds is 2. The molecule has 1 aromatic heterocycles. The van der Waals surface area contributed by atoms with Crippen molar-refractivity contribution in [1.82, 2.24) is 20.0 Å². The van der Waals surface area contributed by atoms with E-state index in [1.54, 1.807) is 24.0 Å². The van der Waals surface area contributed by atoms with Crippen LogP contribution in [0.25, 0.3) is 10.8 Å². The maximum Gasteiger partial charge on any atom is 0.328 e. The van der Waals surface area contributed by atoms with Crippen LogP contribution in [0.5, 0.6) is 0 Å². The van der Waals surface area contributed by atoms with Gasteiger partial charge in [-0.25, -0.2) is 18.7 Å². The molecule has 33 heavy (non-hydrogen) atoms. The summed E-state index contributed by atoms with van der Waals surface area (Å²) in [5, 5.41) is 10.2. The first-order chi connectivity index (χ1) is 15.8. The van der Waals surface area contributed by atoms with E-state index in [1.807, 2.05) is 0 Å². The third kappa shape index (κ3) is 2.60. The summed E-state index contributed by atoms with van der Waals surface area (Å²) in [7, 11) is 0. The van der Waals surface area contributed by atoms with Crippen molar-refractivity contribution >= 4 is 28.4 Å². The predicted octanol–water partition coefficient (Wildman–Crippen LogP) is 3.23. The van der Waals surface area contributed by atoms with Gasteiger partial charge < -0.3 is 10.2 Å². The van der Waals surface area contributed by atoms with Gasteiger partial charge >= 0.3 is 6.03 Å². The molecule has 168 valence electrons. The maximum atomic E-state index is 14.3. The molecule has 0 saturated carbocycles. The monoisotopic (exact) mass is 451 g/mol. The van der Waals surface area contributed by atoms with Crippen molar-refractivity contribution in [2.45, 2.75) is 37.4 Å². The van der Waals surface area contributed by atoms with E-state index in [0.29, 0.717) is 29.6 Å². The van der Waals surface area contributed by atoms with E-state index >= 15 is 0 Å². The number of urea groups is 1. The molecule has 2 saturated heterocycles. The Bertz CT molecular complexity index is 1410. The Kier molecular flexibility index (Phi) is 3.96. The lowest BCUT2D eigenvalue weighted by atomic mass is 9.87. The largest absolute Gasteiger partial charge is 0.375 e. The summed E-state index contributed by atoms with van der Waals surface area (Å²) in [6, 6.07) is 5.87. The van der Waals surface area contributed by atoms with E-state index in [9.17, 15) is 23.2 Å². The van der Waals surface area contributed by atoms with Gasteiger partial charge in [0.1, 0.15) is 23.2 Å². The minimum atomic E-state index is -0.950. The number of hydrogen-bond donors (Lipinski definition) is 2. The highest BCUT2D eigenvalue weighted by molar-refractivity contribution is 6.08. The van der Waals surface area contributed by atoms with Crippen molar-refractivity contribution in [3.05, 3.63) is 69.6 Å². The van der Waals surface area contributed by atoms with Gasteiger partial charge in [0.05, 0.1) is 17.1 Å². The zero-order chi connectivity index (χ0) is 23.1. The van der Waals surface area contributed by atoms with Gasteiger partial charge in [-0.2, -0.15) is 5.10 Å². The van der Waals surface area contributed by atoms with Crippen molar-refractivity contribution in [2.24, 2.45) is 0 Å². The first-order valence-electron chi connectivity index (χ1n) is 10.7. The smallest absolute Gasteiger partial charge is 0.328 e. The number of halogens is 2. The van der Waals surface area contributed by atoms with Crippen molar-refractivity contribution in [3.63, 3.8) is 0 Å². The van der Waals surface area contributed by atoms with Crippen molar-refractivity contribution < 1.29 is 18.4 Å². The van der Waals surface area contributed by atoms with Crippen molar-refractivity contribution in [2.75, 3.05) is 11.9 Å². The number of fused-ring (bicyclic) bond motifs is 1. The number of imide groups is 1. The van der Waals surface area contributed by atoms with Crippen molar-refractivity contribution in [3.8, 4) is 0 Å². The highest BCUT2D eigenvalue weighted by atomic mass is 19.1. The molecule has 3 amide bonds. The number of anilines is 1. The molecule has 2 unspecified atom stereocenters. The number of nitrogens with one attached hydrogen (secondary N) is 2. The van der Waals surface area contributed by atoms with E-state index in [0.717, 1.165) is 12.5 Å². The molecule has 0 bridgehead atoms. The second kappa shape index (κ2) is 6.60. The number of H-pyrrole nitrogens is 1. The van der Waals surface area contributed by atoms with Gasteiger partial charge in [-0.15, -0.1) is 0 Å². The summed E-state index contributed by atoms with van der Waals surface area (Å²) in [4.78, 5) is 42.3. The van der Waals surface area contributed by atoms with Crippen LogP contribution in [0, 0.1) is 11.6 Å². The highest BCUT2D eigenvalue weighted by Crippen LogP contribution is 2.49. The Morgan fingerprint density at radius 1 is 1.09 bits per heavy atom. The topological polar surface area (TPSA) is 98.4 Å². The fourth-order valence-electron chi connectivity index (χ4n) is 5.44. The third-order valence-corrected chi connectivity index (χ3v) is 7.05. The van der Waals surface area contributed by atoms with Crippen LogP contribution in [0.1, 0.15) is 43.1 Å². The number of carbonyl (C=O) groups excluding carboxylic acids is 2. The summed E-state index contributed by atoms with van der Waals surface area (Å²) < 4.78 is 28.0. The summed E-state index contributed by atoms with van der Waals surface area (Å²) in [5.74, 6) is -1.41. The highest BCUT2D eigenvalue weighted by Gasteiger charge is 2.60. The molecule has 2 N–H and O–H groups in total. The Balaban J connectivity index is 1.61. The van der Waals surface area contributed by atoms with Gasteiger partial charge in [-0.3, -0.25) is 14.5 Å². The molecule has 10 heteroatoms. The third-order valence-electron chi connectivity index (χ3n) is 7.05. The lowest BCUT2D eigenvalue weighted by molar-refractivity contribution is -0.133. The quantitative estimate of drug-likeness (QED) is 0.583. The summed E-state index contributed by atoms with van der Waals surface area (Å²) in [6.07, 6.45) is 1.28. The lowest BCUT2D eigenvalue weighted by Gasteiger charge is -2.38. The Morgan fingerprint density at radius 3 is 2.58 bits per heavy atom. The second-order valence-electron chi connectivity index (χ2n) is 8.92. The molecule has 2 aromatic carbocycles. The number of nitrogens with zero attached hydrogens (tertiary/aromatic N) is 3. The summed E-state index contributed by atoms with van der Waals surface area (Å²) >= 11 is 0. The van der Waals surface area contributed by atoms with Crippen LogP contribution in [-0.2, 0) is 4.79 Å². The van der Waals surface area contributed by atoms with E-state index in [1.165, 1.54) is 23.1 Å². The van der Waals surface area contributed by atoms with Gasteiger partial charge in [0.2, 0.25) is 0 Å². The molecule has 0 radical (unpaired) electrons. The normalized spacial score (nSPS) is 26.2. The number of aromatic amines is 1. The average molecular weight is 451 g/mol. The van der Waals surface area contributed by atoms with Crippen LogP contribution in [0.4, 0.5) is 19.3 Å². The van der Waals surface area contributed by atoms with Gasteiger partial charge in [0.25, 0.3) is 11.5 Å². The molecule has 3 aromatic rings. The van der Waals surface area contributed by atoms with E-state index in [4.69, 9.17) is 0 Å². The van der Waals surface area contributed by atoms with Gasteiger partial charge in [0, 0.05) is 17.6 Å². The number of carbonyl (C=O) groups is 2. The Hall–Kier alpha value is -3.82. The van der Waals surface area contributed by atoms with Crippen LogP contribution in [0.3, 0.4) is 0 Å². The predicted molar refractivity (Wildman–Crippen MR) is 114 cm³/mol. The zero-order valence-electron chi connectivity index (χ0n) is 17.6. The first-order valence-corrected chi connectivity index (χ1v) is 10.7. The standard InChI is InChI=1S/C23H19F2N5O3/c1-23-7-2-8-29(23)22(33)30(21(23)32)19-17(11-3-5-12(24)6-4-11)26-15-10-13(25)9-14-16(15)18(19)27-28-20(14)31/h3-6,9-10,17,19,26H,2,7-8H2,1H3,(H,28,31)/t17?,19?,23-/m0/s1. The fraction of sp³-hybridized carbons (Fsp3) is 0.304. The zero-order valence-corrected chi connectivity index (χ0v) is 17.6. The number of aromatic nitrogens is 2. The lowest BCUT2D eigenvalue weighted by Crippen LogP contribution is -2.45. The van der Waals surface area contributed by atoms with Gasteiger partial charge in [-0.1, -0.05) is 12.1 Å². The maximum absolute atomic E-state index is 14.3. The fourth-order valence-corrected chi connectivity index (χ4v) is 5.44. The molecule has 0 aliphatic carbocycles. The van der Waals surface area contributed by atoms with Crippen molar-refractivity contribution in [1.29, 1.82) is 0 Å². The molecule has 2 fully saturated rings. The van der Waals surface area contributed by atoms with Gasteiger partial charge in [0.15, 0.2) is 0 Å². The van der Waals surface area contributed by atoms with Crippen LogP contribution in [0.2, 0.25) is 0 Å². The van der Waals surface area contributed by atoms with E-state index in [2.05, 4.69) is 15.5 Å². The first kappa shape index (κ1) is 19.8. The van der Waals surface area contributed by atoms with Crippen LogP contribution in [0.15, 0.2) is 41.2 Å². The van der Waals surface area contributed by atoms with E-state index in [-0.39, 0.29) is 17.0 Å². The minimum Gasteiger partial charge on any atom is -0.375 e. The number of amides is 3. The molecule has 3 aliphatic rings. The molecular formula is C23H19F2N5O3. The van der Waals surface area contributed by atoms with Crippen LogP contribution in [-0.4, -0.2) is 44.0 Å². The number of benzene rings is 2.